The first kappa shape index (κ1) is 20.5. The molecule has 2 aromatic rings. The summed E-state index contributed by atoms with van der Waals surface area (Å²) >= 11 is 0. The van der Waals surface area contributed by atoms with Gasteiger partial charge in [0.25, 0.3) is 0 Å². The van der Waals surface area contributed by atoms with Gasteiger partial charge in [-0.05, 0) is 61.4 Å². The van der Waals surface area contributed by atoms with Gasteiger partial charge in [-0.3, -0.25) is 9.59 Å². The van der Waals surface area contributed by atoms with Crippen molar-refractivity contribution >= 4 is 34.6 Å². The number of nitrogens with one attached hydrogen (secondary N) is 2. The van der Waals surface area contributed by atoms with Gasteiger partial charge >= 0.3 is 0 Å². The summed E-state index contributed by atoms with van der Waals surface area (Å²) < 4.78 is 0. The third kappa shape index (κ3) is 5.35. The second kappa shape index (κ2) is 9.24. The van der Waals surface area contributed by atoms with E-state index in [2.05, 4.69) is 10.6 Å². The molecule has 0 fully saturated rings. The number of carbonyl (C=O) groups is 2. The van der Waals surface area contributed by atoms with E-state index in [1.54, 1.807) is 18.4 Å². The number of benzene rings is 2. The van der Waals surface area contributed by atoms with Crippen molar-refractivity contribution in [1.82, 2.24) is 0 Å². The number of carbonyl (C=O) groups excluding carboxylic acids is 2. The molecule has 3 rings (SSSR count). The summed E-state index contributed by atoms with van der Waals surface area (Å²) in [7, 11) is 0. The molecule has 0 radical (unpaired) electrons. The molecule has 0 saturated carbocycles. The minimum atomic E-state index is -0.0144. The molecule has 0 amide bonds. The zero-order valence-corrected chi connectivity index (χ0v) is 18.4. The smallest absolute Gasteiger partial charge is 0.187 e. The average molecular weight is 410 g/mol. The Bertz CT molecular complexity index is 941. The van der Waals surface area contributed by atoms with E-state index in [1.165, 1.54) is 6.92 Å². The monoisotopic (exact) mass is 408 g/mol. The molecule has 0 aliphatic heterocycles. The van der Waals surface area contributed by atoms with Crippen molar-refractivity contribution in [1.29, 1.82) is 0 Å². The predicted octanol–water partition coefficient (Wildman–Crippen LogP) is 4.64. The number of anilines is 2. The molecule has 132 valence electrons. The molecule has 1 aliphatic carbocycles. The van der Waals surface area contributed by atoms with Crippen LogP contribution in [0.4, 0.5) is 11.4 Å². The minimum Gasteiger partial charge on any atom is -0.361 e. The molecule has 0 spiro atoms. The van der Waals surface area contributed by atoms with Gasteiger partial charge in [0.05, 0.1) is 0 Å². The van der Waals surface area contributed by atoms with Crippen molar-refractivity contribution in [3.05, 3.63) is 83.7 Å². The molecule has 0 saturated heterocycles. The Labute approximate surface area is 171 Å². The van der Waals surface area contributed by atoms with Crippen molar-refractivity contribution < 1.29 is 29.1 Å². The third-order valence-electron chi connectivity index (χ3n) is 3.96. The van der Waals surface area contributed by atoms with Gasteiger partial charge in [-0.2, -0.15) is 0 Å². The van der Waals surface area contributed by atoms with E-state index in [1.807, 2.05) is 61.5 Å². The molecule has 0 unspecified atom stereocenters. The van der Waals surface area contributed by atoms with Crippen LogP contribution in [0, 0.1) is 0 Å². The molecule has 0 bridgehead atoms. The van der Waals surface area contributed by atoms with Crippen LogP contribution in [0.3, 0.4) is 0 Å². The number of hydrogen-bond donors (Lipinski definition) is 2. The summed E-state index contributed by atoms with van der Waals surface area (Å²) in [6.45, 7) is 3.36. The van der Waals surface area contributed by atoms with Crippen LogP contribution in [0.1, 0.15) is 25.0 Å². The molecule has 1 aliphatic rings. The van der Waals surface area contributed by atoms with Crippen molar-refractivity contribution in [3.8, 4) is 0 Å². The Hall–Kier alpha value is -2.78. The quantitative estimate of drug-likeness (QED) is 0.558. The van der Waals surface area contributed by atoms with E-state index < -0.39 is 0 Å². The van der Waals surface area contributed by atoms with Crippen LogP contribution in [0.2, 0.25) is 0 Å². The number of rotatable bonds is 5. The van der Waals surface area contributed by atoms with Crippen molar-refractivity contribution in [2.75, 3.05) is 10.6 Å². The van der Waals surface area contributed by atoms with Crippen LogP contribution < -0.4 is 10.6 Å². The van der Waals surface area contributed by atoms with Crippen molar-refractivity contribution in [3.63, 3.8) is 0 Å². The Balaban J connectivity index is 0.00000261. The summed E-state index contributed by atoms with van der Waals surface area (Å²) in [5.74, 6) is -0.00845. The molecule has 0 atom stereocenters. The van der Waals surface area contributed by atoms with Gasteiger partial charge in [0.2, 0.25) is 0 Å². The first-order valence-electron chi connectivity index (χ1n) is 8.37. The maximum atomic E-state index is 12.2. The van der Waals surface area contributed by atoms with Crippen LogP contribution >= 0.6 is 0 Å². The summed E-state index contributed by atoms with van der Waals surface area (Å²) in [5, 5.41) is 6.34. The molecular weight excluding hydrogens is 390 g/mol. The zero-order valence-electron chi connectivity index (χ0n) is 15.5. The van der Waals surface area contributed by atoms with E-state index >= 15 is 0 Å². The molecule has 2 N–H and O–H groups in total. The molecular formula is C22H20N2O2Zn. The van der Waals surface area contributed by atoms with Gasteiger partial charge in [-0.1, -0.05) is 30.3 Å². The van der Waals surface area contributed by atoms with Gasteiger partial charge in [0.1, 0.15) is 0 Å². The normalized spacial score (nSPS) is 14.4. The topological polar surface area (TPSA) is 58.2 Å². The molecule has 5 heteroatoms. The fraction of sp³-hybridized carbons (Fsp3) is 0.0909. The van der Waals surface area contributed by atoms with E-state index in [9.17, 15) is 9.59 Å². The molecule has 0 aromatic heterocycles. The Morgan fingerprint density at radius 3 is 2.30 bits per heavy atom. The summed E-state index contributed by atoms with van der Waals surface area (Å²) in [6, 6.07) is 15.5. The van der Waals surface area contributed by atoms with Crippen LogP contribution in [-0.2, 0) is 29.1 Å². The Morgan fingerprint density at radius 1 is 0.926 bits per heavy atom. The van der Waals surface area contributed by atoms with E-state index in [0.717, 1.165) is 28.2 Å². The standard InChI is InChI=1S/C22H20N2O2.Zn/c1-15(13-16(2)25)24-19-10-8-18(9-11-19)23-14-21-20-6-4-3-5-17(20)7-12-22(21)26;/h3-14,23-24H,1-2H3;/b15-13+,21-14+;. The first-order valence-corrected chi connectivity index (χ1v) is 8.37. The van der Waals surface area contributed by atoms with Gasteiger partial charge in [-0.15, -0.1) is 0 Å². The first-order chi connectivity index (χ1) is 12.5. The predicted molar refractivity (Wildman–Crippen MR) is 107 cm³/mol. The number of fused-ring (bicyclic) bond motifs is 1. The third-order valence-corrected chi connectivity index (χ3v) is 3.96. The number of hydrogen-bond acceptors (Lipinski definition) is 4. The van der Waals surface area contributed by atoms with Crippen molar-refractivity contribution in [2.45, 2.75) is 13.8 Å². The largest absolute Gasteiger partial charge is 0.361 e. The Morgan fingerprint density at radius 2 is 1.59 bits per heavy atom. The van der Waals surface area contributed by atoms with Gasteiger partial charge < -0.3 is 10.6 Å². The van der Waals surface area contributed by atoms with E-state index in [4.69, 9.17) is 0 Å². The van der Waals surface area contributed by atoms with Crippen LogP contribution in [0.15, 0.2) is 72.6 Å². The number of ketones is 2. The maximum absolute atomic E-state index is 12.2. The SMILES string of the molecule is CC(=O)/C=C(\C)Nc1ccc(N/C=C2/C(=O)C=Cc3ccccc32)cc1.[Zn]. The van der Waals surface area contributed by atoms with Crippen LogP contribution in [0.5, 0.6) is 0 Å². The molecule has 27 heavy (non-hydrogen) atoms. The molecule has 4 nitrogen and oxygen atoms in total. The summed E-state index contributed by atoms with van der Waals surface area (Å²) in [6.07, 6.45) is 6.73. The fourth-order valence-electron chi connectivity index (χ4n) is 2.80. The second-order valence-corrected chi connectivity index (χ2v) is 6.13. The van der Waals surface area contributed by atoms with E-state index in [0.29, 0.717) is 5.57 Å². The molecule has 0 heterocycles. The average Bonchev–Trinajstić information content (AvgIpc) is 2.61. The van der Waals surface area contributed by atoms with E-state index in [-0.39, 0.29) is 31.0 Å². The van der Waals surface area contributed by atoms with Crippen LogP contribution in [-0.4, -0.2) is 11.6 Å². The fourth-order valence-corrected chi connectivity index (χ4v) is 2.80. The molecule has 2 aromatic carbocycles. The number of allylic oxidation sites excluding steroid dienone is 4. The zero-order chi connectivity index (χ0) is 18.5. The van der Waals surface area contributed by atoms with Crippen molar-refractivity contribution in [2.24, 2.45) is 0 Å². The second-order valence-electron chi connectivity index (χ2n) is 6.13. The van der Waals surface area contributed by atoms with Gasteiger partial charge in [0, 0.05) is 48.3 Å². The minimum absolute atomic E-state index is 0. The Kier molecular flexibility index (Phi) is 7.03. The summed E-state index contributed by atoms with van der Waals surface area (Å²) in [4.78, 5) is 23.3. The summed E-state index contributed by atoms with van der Waals surface area (Å²) in [5.41, 5.74) is 5.15. The maximum Gasteiger partial charge on any atom is 0.187 e. The van der Waals surface area contributed by atoms with Crippen LogP contribution in [0.25, 0.3) is 11.6 Å². The van der Waals surface area contributed by atoms with Gasteiger partial charge in [0.15, 0.2) is 11.6 Å². The van der Waals surface area contributed by atoms with Gasteiger partial charge in [-0.25, -0.2) is 0 Å².